The van der Waals surface area contributed by atoms with Gasteiger partial charge in [0.2, 0.25) is 0 Å². The maximum atomic E-state index is 5.80. The van der Waals surface area contributed by atoms with Crippen LogP contribution in [0.25, 0.3) is 0 Å². The zero-order valence-electron chi connectivity index (χ0n) is 21.1. The number of allylic oxidation sites excluding steroid dienone is 1. The Bertz CT molecular complexity index is 900. The third-order valence-corrected chi connectivity index (χ3v) is 6.35. The third kappa shape index (κ3) is 6.91. The molecule has 0 aromatic heterocycles. The molecule has 0 radical (unpaired) electrons. The van der Waals surface area contributed by atoms with Gasteiger partial charge in [0.05, 0.1) is 26.0 Å². The van der Waals surface area contributed by atoms with E-state index < -0.39 is 0 Å². The van der Waals surface area contributed by atoms with E-state index in [4.69, 9.17) is 10.5 Å². The van der Waals surface area contributed by atoms with Crippen LogP contribution in [0.3, 0.4) is 0 Å². The number of rotatable bonds is 12. The average molecular weight is 468 g/mol. The molecule has 1 aromatic rings. The molecule has 0 bridgehead atoms. The summed E-state index contributed by atoms with van der Waals surface area (Å²) < 4.78 is 5.80. The smallest absolute Gasteiger partial charge is 0.151 e. The van der Waals surface area contributed by atoms with Gasteiger partial charge in [-0.3, -0.25) is 9.89 Å². The number of hydrogen-bond acceptors (Lipinski definition) is 8. The quantitative estimate of drug-likeness (QED) is 0.363. The molecule has 1 fully saturated rings. The molecule has 0 amide bonds. The first-order valence-corrected chi connectivity index (χ1v) is 12.3. The van der Waals surface area contributed by atoms with Gasteiger partial charge in [-0.25, -0.2) is 4.99 Å². The minimum absolute atomic E-state index is 0.224. The molecule has 1 saturated heterocycles. The number of piperazine rings is 1. The minimum atomic E-state index is 0.224. The normalized spacial score (nSPS) is 19.6. The van der Waals surface area contributed by atoms with E-state index in [9.17, 15) is 0 Å². The van der Waals surface area contributed by atoms with Gasteiger partial charge in [0.25, 0.3) is 0 Å². The molecule has 186 valence electrons. The Balaban J connectivity index is 1.77. The highest BCUT2D eigenvalue weighted by Crippen LogP contribution is 2.28. The molecule has 2 aliphatic heterocycles. The summed E-state index contributed by atoms with van der Waals surface area (Å²) in [5.74, 6) is 1.63. The van der Waals surface area contributed by atoms with Crippen molar-refractivity contribution in [1.29, 1.82) is 0 Å². The van der Waals surface area contributed by atoms with Crippen molar-refractivity contribution < 1.29 is 4.74 Å². The summed E-state index contributed by atoms with van der Waals surface area (Å²) in [5, 5.41) is 3.44. The Labute approximate surface area is 204 Å². The van der Waals surface area contributed by atoms with Crippen LogP contribution in [0.1, 0.15) is 37.3 Å². The van der Waals surface area contributed by atoms with Gasteiger partial charge in [0.1, 0.15) is 11.4 Å². The lowest BCUT2D eigenvalue weighted by Gasteiger charge is -2.32. The number of nitrogens with one attached hydrogen (secondary N) is 1. The van der Waals surface area contributed by atoms with Gasteiger partial charge in [0.15, 0.2) is 5.82 Å². The number of nitrogens with zero attached hydrogens (tertiary/aromatic N) is 5. The molecule has 0 aliphatic carbocycles. The molecule has 3 N–H and O–H groups in total. The van der Waals surface area contributed by atoms with E-state index in [-0.39, 0.29) is 6.67 Å². The van der Waals surface area contributed by atoms with Gasteiger partial charge in [-0.05, 0) is 37.9 Å². The first kappa shape index (κ1) is 25.9. The monoisotopic (exact) mass is 467 g/mol. The number of likely N-dealkylation sites (N-methyl/N-ethyl adjacent to an activating group) is 1. The van der Waals surface area contributed by atoms with Gasteiger partial charge in [-0.2, -0.15) is 0 Å². The Morgan fingerprint density at radius 1 is 1.18 bits per heavy atom. The standard InChI is InChI=1S/C26H41N7O/c1-5-6-7-11-29-26(28-2)25-23(30-20-27)10-12-33(25)19-22-9-8-21(17-24(22)34-4)18-32-15-13-31(3)14-16-32/h8-10,12,17,29H,2,5-7,11,13-16,18-20,27H2,1,3-4H3/b26-25-,30-23-. The number of ether oxygens (including phenoxy) is 1. The highest BCUT2D eigenvalue weighted by Gasteiger charge is 2.24. The van der Waals surface area contributed by atoms with Crippen molar-refractivity contribution in [2.75, 3.05) is 53.5 Å². The SMILES string of the molecule is C=N/C(NCCCCC)=C1\C(=N/CN)C=CN1Cc1ccc(CN2CCN(C)CC2)cc1OC. The number of unbranched alkanes of at least 4 members (excludes halogenated alkanes) is 2. The molecule has 0 atom stereocenters. The molecule has 0 saturated carbocycles. The number of benzene rings is 1. The van der Waals surface area contributed by atoms with E-state index >= 15 is 0 Å². The lowest BCUT2D eigenvalue weighted by molar-refractivity contribution is 0.148. The summed E-state index contributed by atoms with van der Waals surface area (Å²) in [7, 11) is 3.92. The van der Waals surface area contributed by atoms with Gasteiger partial charge >= 0.3 is 0 Å². The van der Waals surface area contributed by atoms with E-state index in [1.54, 1.807) is 7.11 Å². The van der Waals surface area contributed by atoms with Crippen LogP contribution in [-0.4, -0.2) is 80.7 Å². The molecule has 2 aliphatic rings. The highest BCUT2D eigenvalue weighted by molar-refractivity contribution is 6.10. The molecule has 0 spiro atoms. The second-order valence-electron chi connectivity index (χ2n) is 8.88. The van der Waals surface area contributed by atoms with Crippen LogP contribution in [0.2, 0.25) is 0 Å². The summed E-state index contributed by atoms with van der Waals surface area (Å²) in [4.78, 5) is 15.8. The largest absolute Gasteiger partial charge is 0.496 e. The molecular weight excluding hydrogens is 426 g/mol. The van der Waals surface area contributed by atoms with Gasteiger partial charge < -0.3 is 25.6 Å². The second-order valence-corrected chi connectivity index (χ2v) is 8.88. The predicted molar refractivity (Wildman–Crippen MR) is 141 cm³/mol. The molecule has 3 rings (SSSR count). The Morgan fingerprint density at radius 2 is 1.97 bits per heavy atom. The maximum Gasteiger partial charge on any atom is 0.151 e. The van der Waals surface area contributed by atoms with Gasteiger partial charge in [0, 0.05) is 51.0 Å². The third-order valence-electron chi connectivity index (χ3n) is 6.35. The summed E-state index contributed by atoms with van der Waals surface area (Å²) in [6, 6.07) is 6.55. The average Bonchev–Trinajstić information content (AvgIpc) is 3.23. The molecule has 2 heterocycles. The summed E-state index contributed by atoms with van der Waals surface area (Å²) in [6.07, 6.45) is 7.45. The van der Waals surface area contributed by atoms with Crippen molar-refractivity contribution in [3.8, 4) is 5.75 Å². The number of methoxy groups -OCH3 is 1. The highest BCUT2D eigenvalue weighted by atomic mass is 16.5. The first-order valence-electron chi connectivity index (χ1n) is 12.3. The topological polar surface area (TPSA) is 81.7 Å². The number of hydrogen-bond donors (Lipinski definition) is 2. The fraction of sp³-hybridized carbons (Fsp3) is 0.538. The van der Waals surface area contributed by atoms with E-state index in [0.29, 0.717) is 6.54 Å². The van der Waals surface area contributed by atoms with Crippen molar-refractivity contribution in [2.45, 2.75) is 39.3 Å². The zero-order valence-corrected chi connectivity index (χ0v) is 21.1. The lowest BCUT2D eigenvalue weighted by atomic mass is 10.1. The molecule has 34 heavy (non-hydrogen) atoms. The maximum absolute atomic E-state index is 5.80. The zero-order chi connectivity index (χ0) is 24.3. The number of aliphatic imine (C=N–C) groups is 2. The van der Waals surface area contributed by atoms with Crippen LogP contribution in [0, 0.1) is 0 Å². The van der Waals surface area contributed by atoms with Crippen LogP contribution >= 0.6 is 0 Å². The van der Waals surface area contributed by atoms with Gasteiger partial charge in [-0.15, -0.1) is 0 Å². The van der Waals surface area contributed by atoms with Crippen molar-refractivity contribution in [2.24, 2.45) is 15.7 Å². The van der Waals surface area contributed by atoms with Crippen molar-refractivity contribution in [3.05, 3.63) is 53.1 Å². The molecular formula is C26H41N7O. The second kappa shape index (κ2) is 13.3. The number of nitrogens with two attached hydrogens (primary N) is 1. The Morgan fingerprint density at radius 3 is 2.65 bits per heavy atom. The summed E-state index contributed by atoms with van der Waals surface area (Å²) >= 11 is 0. The van der Waals surface area contributed by atoms with Crippen molar-refractivity contribution >= 4 is 12.4 Å². The predicted octanol–water partition coefficient (Wildman–Crippen LogP) is 2.78. The van der Waals surface area contributed by atoms with Crippen LogP contribution < -0.4 is 15.8 Å². The van der Waals surface area contributed by atoms with E-state index in [2.05, 4.69) is 68.9 Å². The van der Waals surface area contributed by atoms with E-state index in [0.717, 1.165) is 74.2 Å². The van der Waals surface area contributed by atoms with Gasteiger partial charge in [-0.1, -0.05) is 31.9 Å². The minimum Gasteiger partial charge on any atom is -0.496 e. The summed E-state index contributed by atoms with van der Waals surface area (Å²) in [5.41, 5.74) is 9.84. The molecule has 0 unspecified atom stereocenters. The fourth-order valence-electron chi connectivity index (χ4n) is 4.34. The molecule has 1 aromatic carbocycles. The van der Waals surface area contributed by atoms with Crippen molar-refractivity contribution in [3.63, 3.8) is 0 Å². The van der Waals surface area contributed by atoms with Crippen LogP contribution in [0.15, 0.2) is 52.0 Å². The first-order chi connectivity index (χ1) is 16.6. The van der Waals surface area contributed by atoms with E-state index in [1.807, 2.05) is 12.3 Å². The lowest BCUT2D eigenvalue weighted by Crippen LogP contribution is -2.43. The van der Waals surface area contributed by atoms with Crippen molar-refractivity contribution in [1.82, 2.24) is 20.0 Å². The summed E-state index contributed by atoms with van der Waals surface area (Å²) in [6.45, 7) is 13.1. The Kier molecular flexibility index (Phi) is 10.1. The van der Waals surface area contributed by atoms with Crippen LogP contribution in [0.4, 0.5) is 0 Å². The van der Waals surface area contributed by atoms with Crippen LogP contribution in [0.5, 0.6) is 5.75 Å². The van der Waals surface area contributed by atoms with E-state index in [1.165, 1.54) is 18.4 Å². The fourth-order valence-corrected chi connectivity index (χ4v) is 4.34. The molecule has 8 heteroatoms. The Hall–Kier alpha value is -2.68. The van der Waals surface area contributed by atoms with Crippen LogP contribution in [-0.2, 0) is 13.1 Å². The molecule has 8 nitrogen and oxygen atoms in total.